The standard InChI is InChI=1S/C21H29ClN2O3/c1-13(2)24-14(3)23-10-19(24)16-7-5-4-6-15(16)12-27-20-9-8-18(22)21(26)17(20)11-25/h8-11,13-16,19,26H,4-7,12H2,1-3H3. The second kappa shape index (κ2) is 8.61. The number of phenols is 1. The maximum atomic E-state index is 11.4. The van der Waals surface area contributed by atoms with Crippen molar-refractivity contribution in [3.63, 3.8) is 0 Å². The van der Waals surface area contributed by atoms with Crippen LogP contribution in [0.1, 0.15) is 56.8 Å². The Kier molecular flexibility index (Phi) is 6.43. The van der Waals surface area contributed by atoms with E-state index in [0.717, 1.165) is 12.8 Å². The SMILES string of the molecule is CC(C)N1C(C)N=CC1C1CCCCC1COc1ccc(Cl)c(O)c1C=O. The molecule has 0 amide bonds. The highest BCUT2D eigenvalue weighted by molar-refractivity contribution is 6.32. The largest absolute Gasteiger partial charge is 0.505 e. The Morgan fingerprint density at radius 3 is 2.81 bits per heavy atom. The number of halogens is 1. The maximum absolute atomic E-state index is 11.4. The lowest BCUT2D eigenvalue weighted by atomic mass is 9.75. The van der Waals surface area contributed by atoms with Crippen molar-refractivity contribution in [2.24, 2.45) is 16.8 Å². The van der Waals surface area contributed by atoms with Gasteiger partial charge in [0.15, 0.2) is 6.29 Å². The van der Waals surface area contributed by atoms with Crippen molar-refractivity contribution in [1.29, 1.82) is 0 Å². The Morgan fingerprint density at radius 1 is 1.37 bits per heavy atom. The molecule has 1 aromatic carbocycles. The molecule has 1 N–H and O–H groups in total. The quantitative estimate of drug-likeness (QED) is 0.721. The third kappa shape index (κ3) is 4.14. The number of ether oxygens (including phenoxy) is 1. The van der Waals surface area contributed by atoms with Crippen LogP contribution in [0.5, 0.6) is 11.5 Å². The summed E-state index contributed by atoms with van der Waals surface area (Å²) in [6.07, 6.45) is 7.62. The molecule has 0 spiro atoms. The van der Waals surface area contributed by atoms with Gasteiger partial charge in [0.1, 0.15) is 11.5 Å². The molecule has 1 aromatic rings. The minimum absolute atomic E-state index is 0.120. The Labute approximate surface area is 166 Å². The normalized spacial score (nSPS) is 28.6. The van der Waals surface area contributed by atoms with E-state index < -0.39 is 0 Å². The fraction of sp³-hybridized carbons (Fsp3) is 0.619. The molecule has 0 saturated heterocycles. The monoisotopic (exact) mass is 392 g/mol. The minimum atomic E-state index is -0.216. The Balaban J connectivity index is 1.75. The molecule has 0 bridgehead atoms. The first kappa shape index (κ1) is 20.2. The van der Waals surface area contributed by atoms with E-state index in [4.69, 9.17) is 16.3 Å². The van der Waals surface area contributed by atoms with Crippen LogP contribution in [0, 0.1) is 11.8 Å². The number of aromatic hydroxyl groups is 1. The predicted octanol–water partition coefficient (Wildman–Crippen LogP) is 4.55. The fourth-order valence-electron chi connectivity index (χ4n) is 4.62. The second-order valence-electron chi connectivity index (χ2n) is 7.91. The zero-order valence-corrected chi connectivity index (χ0v) is 17.0. The molecule has 2 aliphatic rings. The Morgan fingerprint density at radius 2 is 2.11 bits per heavy atom. The summed E-state index contributed by atoms with van der Waals surface area (Å²) in [5.41, 5.74) is 0.120. The van der Waals surface area contributed by atoms with Gasteiger partial charge >= 0.3 is 0 Å². The number of aldehydes is 1. The van der Waals surface area contributed by atoms with E-state index in [0.29, 0.717) is 42.6 Å². The fourth-order valence-corrected chi connectivity index (χ4v) is 4.78. The summed E-state index contributed by atoms with van der Waals surface area (Å²) in [6, 6.07) is 3.98. The average molecular weight is 393 g/mol. The van der Waals surface area contributed by atoms with E-state index in [1.54, 1.807) is 12.1 Å². The zero-order chi connectivity index (χ0) is 19.6. The summed E-state index contributed by atoms with van der Waals surface area (Å²) in [5.74, 6) is 1.05. The van der Waals surface area contributed by atoms with Crippen LogP contribution >= 0.6 is 11.6 Å². The van der Waals surface area contributed by atoms with Crippen molar-refractivity contribution in [2.45, 2.75) is 64.7 Å². The summed E-state index contributed by atoms with van der Waals surface area (Å²) in [6.45, 7) is 7.12. The van der Waals surface area contributed by atoms with Crippen LogP contribution < -0.4 is 4.74 Å². The van der Waals surface area contributed by atoms with E-state index in [9.17, 15) is 9.90 Å². The molecule has 1 fully saturated rings. The molecule has 148 valence electrons. The van der Waals surface area contributed by atoms with E-state index in [2.05, 4.69) is 36.9 Å². The van der Waals surface area contributed by atoms with E-state index in [1.807, 2.05) is 0 Å². The molecule has 1 saturated carbocycles. The van der Waals surface area contributed by atoms with Crippen molar-refractivity contribution in [3.8, 4) is 11.5 Å². The summed E-state index contributed by atoms with van der Waals surface area (Å²) < 4.78 is 6.00. The number of hydrogen-bond donors (Lipinski definition) is 1. The Hall–Kier alpha value is -1.59. The van der Waals surface area contributed by atoms with Gasteiger partial charge in [-0.15, -0.1) is 0 Å². The van der Waals surface area contributed by atoms with E-state index in [1.165, 1.54) is 12.8 Å². The van der Waals surface area contributed by atoms with Crippen LogP contribution in [0.15, 0.2) is 17.1 Å². The van der Waals surface area contributed by atoms with Crippen molar-refractivity contribution < 1.29 is 14.6 Å². The third-order valence-corrected chi connectivity index (χ3v) is 6.24. The first-order valence-electron chi connectivity index (χ1n) is 9.84. The first-order chi connectivity index (χ1) is 12.9. The summed E-state index contributed by atoms with van der Waals surface area (Å²) in [7, 11) is 0. The minimum Gasteiger partial charge on any atom is -0.505 e. The van der Waals surface area contributed by atoms with Gasteiger partial charge in [-0.25, -0.2) is 0 Å². The van der Waals surface area contributed by atoms with Crippen LogP contribution in [0.25, 0.3) is 0 Å². The predicted molar refractivity (Wildman–Crippen MR) is 108 cm³/mol. The molecule has 3 rings (SSSR count). The van der Waals surface area contributed by atoms with Crippen molar-refractivity contribution in [2.75, 3.05) is 6.61 Å². The highest BCUT2D eigenvalue weighted by Gasteiger charge is 2.39. The van der Waals surface area contributed by atoms with Crippen molar-refractivity contribution in [3.05, 3.63) is 22.7 Å². The van der Waals surface area contributed by atoms with Gasteiger partial charge in [-0.2, -0.15) is 0 Å². The number of aliphatic imine (C=N–C) groups is 1. The Bertz CT molecular complexity index is 707. The van der Waals surface area contributed by atoms with Crippen molar-refractivity contribution >= 4 is 24.1 Å². The zero-order valence-electron chi connectivity index (χ0n) is 16.3. The molecule has 0 aromatic heterocycles. The van der Waals surface area contributed by atoms with Gasteiger partial charge in [0.05, 0.1) is 29.4 Å². The van der Waals surface area contributed by atoms with Gasteiger partial charge in [0.25, 0.3) is 0 Å². The van der Waals surface area contributed by atoms with Crippen LogP contribution in [0.4, 0.5) is 0 Å². The van der Waals surface area contributed by atoms with Crippen LogP contribution in [-0.4, -0.2) is 47.4 Å². The average Bonchev–Trinajstić information content (AvgIpc) is 3.04. The van der Waals surface area contributed by atoms with Gasteiger partial charge in [0.2, 0.25) is 0 Å². The lowest BCUT2D eigenvalue weighted by Gasteiger charge is -2.41. The number of carbonyl (C=O) groups is 1. The van der Waals surface area contributed by atoms with Crippen LogP contribution in [0.3, 0.4) is 0 Å². The van der Waals surface area contributed by atoms with Gasteiger partial charge in [-0.05, 0) is 57.6 Å². The maximum Gasteiger partial charge on any atom is 0.157 e. The molecule has 5 nitrogen and oxygen atoms in total. The molecule has 27 heavy (non-hydrogen) atoms. The van der Waals surface area contributed by atoms with E-state index >= 15 is 0 Å². The number of phenolic OH excluding ortho intramolecular Hbond substituents is 1. The smallest absolute Gasteiger partial charge is 0.157 e. The molecule has 0 radical (unpaired) electrons. The topological polar surface area (TPSA) is 62.1 Å². The molecule has 1 heterocycles. The lowest BCUT2D eigenvalue weighted by Crippen LogP contribution is -2.48. The van der Waals surface area contributed by atoms with Crippen LogP contribution in [0.2, 0.25) is 5.02 Å². The first-order valence-corrected chi connectivity index (χ1v) is 10.2. The number of nitrogens with zero attached hydrogens (tertiary/aromatic N) is 2. The summed E-state index contributed by atoms with van der Waals surface area (Å²) in [5, 5.41) is 10.2. The molecular formula is C21H29ClN2O3. The molecule has 1 aliphatic carbocycles. The van der Waals surface area contributed by atoms with Gasteiger partial charge in [0, 0.05) is 12.3 Å². The number of benzene rings is 1. The molecular weight excluding hydrogens is 364 g/mol. The van der Waals surface area contributed by atoms with Crippen molar-refractivity contribution in [1.82, 2.24) is 4.90 Å². The lowest BCUT2D eigenvalue weighted by molar-refractivity contribution is 0.0624. The molecule has 4 atom stereocenters. The third-order valence-electron chi connectivity index (χ3n) is 5.93. The number of rotatable bonds is 6. The summed E-state index contributed by atoms with van der Waals surface area (Å²) in [4.78, 5) is 18.5. The van der Waals surface area contributed by atoms with Gasteiger partial charge in [-0.3, -0.25) is 14.7 Å². The van der Waals surface area contributed by atoms with Gasteiger partial charge in [-0.1, -0.05) is 24.4 Å². The summed E-state index contributed by atoms with van der Waals surface area (Å²) >= 11 is 5.90. The number of carbonyl (C=O) groups excluding carboxylic acids is 1. The molecule has 4 unspecified atom stereocenters. The second-order valence-corrected chi connectivity index (χ2v) is 8.31. The van der Waals surface area contributed by atoms with Gasteiger partial charge < -0.3 is 9.84 Å². The highest BCUT2D eigenvalue weighted by Crippen LogP contribution is 2.38. The molecule has 6 heteroatoms. The van der Waals surface area contributed by atoms with E-state index in [-0.39, 0.29) is 22.5 Å². The van der Waals surface area contributed by atoms with Crippen LogP contribution in [-0.2, 0) is 0 Å². The molecule has 1 aliphatic heterocycles. The number of hydrogen-bond acceptors (Lipinski definition) is 5. The highest BCUT2D eigenvalue weighted by atomic mass is 35.5.